The third kappa shape index (κ3) is 2.52. The van der Waals surface area contributed by atoms with Gasteiger partial charge in [0.05, 0.1) is 6.61 Å². The highest BCUT2D eigenvalue weighted by Gasteiger charge is 2.22. The quantitative estimate of drug-likeness (QED) is 0.888. The van der Waals surface area contributed by atoms with E-state index in [-0.39, 0.29) is 0 Å². The van der Waals surface area contributed by atoms with Crippen LogP contribution in [0.3, 0.4) is 0 Å². The molecule has 2 rings (SSSR count). The number of likely N-dealkylation sites (N-methyl/N-ethyl adjacent to an activating group) is 1. The number of hydrogen-bond acceptors (Lipinski definition) is 3. The maximum atomic E-state index is 5.81. The van der Waals surface area contributed by atoms with Gasteiger partial charge in [0.15, 0.2) is 0 Å². The third-order valence-corrected chi connectivity index (χ3v) is 3.82. The zero-order chi connectivity index (χ0) is 13.1. The highest BCUT2D eigenvalue weighted by molar-refractivity contribution is 5.44. The first kappa shape index (κ1) is 13.4. The molecule has 0 aliphatic carbocycles. The number of fused-ring (bicyclic) bond motifs is 1. The van der Waals surface area contributed by atoms with Gasteiger partial charge in [-0.05, 0) is 44.0 Å². The van der Waals surface area contributed by atoms with E-state index in [1.54, 1.807) is 0 Å². The van der Waals surface area contributed by atoms with Gasteiger partial charge >= 0.3 is 0 Å². The van der Waals surface area contributed by atoms with Crippen molar-refractivity contribution in [2.75, 3.05) is 13.2 Å². The van der Waals surface area contributed by atoms with E-state index in [2.05, 4.69) is 30.9 Å². The van der Waals surface area contributed by atoms with Crippen molar-refractivity contribution in [2.24, 2.45) is 5.73 Å². The predicted molar refractivity (Wildman–Crippen MR) is 74.8 cm³/mol. The van der Waals surface area contributed by atoms with E-state index in [0.29, 0.717) is 19.2 Å². The summed E-state index contributed by atoms with van der Waals surface area (Å²) in [6.45, 7) is 9.90. The van der Waals surface area contributed by atoms with E-state index >= 15 is 0 Å². The fourth-order valence-corrected chi connectivity index (χ4v) is 2.75. The normalized spacial score (nSPS) is 19.7. The van der Waals surface area contributed by atoms with Crippen molar-refractivity contribution in [3.63, 3.8) is 0 Å². The number of hydrogen-bond donors (Lipinski definition) is 1. The van der Waals surface area contributed by atoms with Gasteiger partial charge in [-0.15, -0.1) is 0 Å². The number of nitrogens with zero attached hydrogens (tertiary/aromatic N) is 1. The number of nitrogens with two attached hydrogens (primary N) is 1. The van der Waals surface area contributed by atoms with Gasteiger partial charge in [-0.3, -0.25) is 4.90 Å². The van der Waals surface area contributed by atoms with Crippen LogP contribution in [0.5, 0.6) is 5.75 Å². The van der Waals surface area contributed by atoms with E-state index in [0.717, 1.165) is 30.8 Å². The average Bonchev–Trinajstić information content (AvgIpc) is 2.38. The largest absolute Gasteiger partial charge is 0.494 e. The SMILES string of the molecule is CCOc1cc2c(cc1CN)CC(C)N(CC)C2. The van der Waals surface area contributed by atoms with Crippen LogP contribution in [0.4, 0.5) is 0 Å². The zero-order valence-corrected chi connectivity index (χ0v) is 11.7. The predicted octanol–water partition coefficient (Wildman–Crippen LogP) is 2.31. The molecule has 0 spiro atoms. The Morgan fingerprint density at radius 3 is 2.72 bits per heavy atom. The minimum Gasteiger partial charge on any atom is -0.494 e. The summed E-state index contributed by atoms with van der Waals surface area (Å²) in [5.74, 6) is 0.962. The molecule has 100 valence electrons. The molecular weight excluding hydrogens is 224 g/mol. The molecule has 1 aliphatic rings. The van der Waals surface area contributed by atoms with E-state index < -0.39 is 0 Å². The molecule has 1 aliphatic heterocycles. The molecule has 18 heavy (non-hydrogen) atoms. The highest BCUT2D eigenvalue weighted by Crippen LogP contribution is 2.30. The Bertz CT molecular complexity index is 417. The Morgan fingerprint density at radius 1 is 1.33 bits per heavy atom. The van der Waals surface area contributed by atoms with Crippen molar-refractivity contribution in [1.29, 1.82) is 0 Å². The Labute approximate surface area is 110 Å². The van der Waals surface area contributed by atoms with Crippen LogP contribution in [-0.4, -0.2) is 24.1 Å². The van der Waals surface area contributed by atoms with Crippen LogP contribution in [0, 0.1) is 0 Å². The Kier molecular flexibility index (Phi) is 4.25. The lowest BCUT2D eigenvalue weighted by molar-refractivity contribution is 0.194. The lowest BCUT2D eigenvalue weighted by atomic mass is 9.92. The molecule has 1 aromatic carbocycles. The Morgan fingerprint density at radius 2 is 2.11 bits per heavy atom. The fraction of sp³-hybridized carbons (Fsp3) is 0.600. The molecule has 1 atom stereocenters. The van der Waals surface area contributed by atoms with Gasteiger partial charge in [0, 0.05) is 24.7 Å². The van der Waals surface area contributed by atoms with E-state index in [9.17, 15) is 0 Å². The molecule has 3 nitrogen and oxygen atoms in total. The van der Waals surface area contributed by atoms with Crippen LogP contribution in [0.25, 0.3) is 0 Å². The first-order valence-electron chi connectivity index (χ1n) is 6.91. The van der Waals surface area contributed by atoms with Gasteiger partial charge in [-0.25, -0.2) is 0 Å². The molecule has 0 saturated heterocycles. The summed E-state index contributed by atoms with van der Waals surface area (Å²) in [6, 6.07) is 5.05. The smallest absolute Gasteiger partial charge is 0.124 e. The van der Waals surface area contributed by atoms with Crippen molar-refractivity contribution < 1.29 is 4.74 Å². The Hall–Kier alpha value is -1.06. The Balaban J connectivity index is 2.35. The van der Waals surface area contributed by atoms with Crippen molar-refractivity contribution >= 4 is 0 Å². The van der Waals surface area contributed by atoms with Crippen molar-refractivity contribution in [3.05, 3.63) is 28.8 Å². The molecule has 0 aromatic heterocycles. The molecule has 0 amide bonds. The molecule has 0 fully saturated rings. The topological polar surface area (TPSA) is 38.5 Å². The van der Waals surface area contributed by atoms with E-state index in [1.165, 1.54) is 11.1 Å². The average molecular weight is 248 g/mol. The van der Waals surface area contributed by atoms with Gasteiger partial charge in [0.1, 0.15) is 5.75 Å². The molecule has 0 bridgehead atoms. The second kappa shape index (κ2) is 5.72. The van der Waals surface area contributed by atoms with Gasteiger partial charge < -0.3 is 10.5 Å². The summed E-state index contributed by atoms with van der Waals surface area (Å²) in [5.41, 5.74) is 9.78. The molecular formula is C15H24N2O. The summed E-state index contributed by atoms with van der Waals surface area (Å²) in [6.07, 6.45) is 1.11. The molecule has 2 N–H and O–H groups in total. The summed E-state index contributed by atoms with van der Waals surface area (Å²) < 4.78 is 5.69. The van der Waals surface area contributed by atoms with Gasteiger partial charge in [0.2, 0.25) is 0 Å². The monoisotopic (exact) mass is 248 g/mol. The number of rotatable bonds is 4. The second-order valence-electron chi connectivity index (χ2n) is 4.98. The molecule has 1 unspecified atom stereocenters. The van der Waals surface area contributed by atoms with Crippen LogP contribution in [0.15, 0.2) is 12.1 Å². The highest BCUT2D eigenvalue weighted by atomic mass is 16.5. The van der Waals surface area contributed by atoms with Crippen LogP contribution in [-0.2, 0) is 19.5 Å². The van der Waals surface area contributed by atoms with Crippen LogP contribution < -0.4 is 10.5 Å². The van der Waals surface area contributed by atoms with Crippen molar-refractivity contribution in [3.8, 4) is 5.75 Å². The molecule has 0 radical (unpaired) electrons. The van der Waals surface area contributed by atoms with Crippen molar-refractivity contribution in [2.45, 2.75) is 46.3 Å². The van der Waals surface area contributed by atoms with Gasteiger partial charge in [-0.2, -0.15) is 0 Å². The number of benzene rings is 1. The first-order chi connectivity index (χ1) is 8.69. The van der Waals surface area contributed by atoms with Gasteiger partial charge in [0.25, 0.3) is 0 Å². The summed E-state index contributed by atoms with van der Waals surface area (Å²) in [5, 5.41) is 0. The lowest BCUT2D eigenvalue weighted by Crippen LogP contribution is -2.38. The maximum Gasteiger partial charge on any atom is 0.124 e. The van der Waals surface area contributed by atoms with Crippen LogP contribution in [0.1, 0.15) is 37.5 Å². The minimum atomic E-state index is 0.550. The second-order valence-corrected chi connectivity index (χ2v) is 4.98. The molecule has 1 aromatic rings. The van der Waals surface area contributed by atoms with E-state index in [1.807, 2.05) is 6.92 Å². The summed E-state index contributed by atoms with van der Waals surface area (Å²) in [4.78, 5) is 2.50. The first-order valence-corrected chi connectivity index (χ1v) is 6.91. The maximum absolute atomic E-state index is 5.81. The lowest BCUT2D eigenvalue weighted by Gasteiger charge is -2.34. The minimum absolute atomic E-state index is 0.550. The number of ether oxygens (including phenoxy) is 1. The molecule has 3 heteroatoms. The van der Waals surface area contributed by atoms with E-state index in [4.69, 9.17) is 10.5 Å². The zero-order valence-electron chi connectivity index (χ0n) is 11.7. The third-order valence-electron chi connectivity index (χ3n) is 3.82. The molecule has 0 saturated carbocycles. The van der Waals surface area contributed by atoms with Crippen molar-refractivity contribution in [1.82, 2.24) is 4.90 Å². The standard InChI is InChI=1S/C15H24N2O/c1-4-17-10-14-8-15(18-5-2)13(9-16)7-12(14)6-11(17)3/h7-8,11H,4-6,9-10,16H2,1-3H3. The van der Waals surface area contributed by atoms with Crippen LogP contribution in [0.2, 0.25) is 0 Å². The van der Waals surface area contributed by atoms with Crippen LogP contribution >= 0.6 is 0 Å². The van der Waals surface area contributed by atoms with Gasteiger partial charge in [-0.1, -0.05) is 13.0 Å². The summed E-state index contributed by atoms with van der Waals surface area (Å²) in [7, 11) is 0. The molecule has 1 heterocycles. The fourth-order valence-electron chi connectivity index (χ4n) is 2.75. The summed E-state index contributed by atoms with van der Waals surface area (Å²) >= 11 is 0.